The highest BCUT2D eigenvalue weighted by atomic mass is 16.5. The van der Waals surface area contributed by atoms with Crippen LogP contribution >= 0.6 is 0 Å². The maximum atomic E-state index is 11.9. The van der Waals surface area contributed by atoms with Gasteiger partial charge in [0, 0.05) is 17.3 Å². The van der Waals surface area contributed by atoms with Crippen LogP contribution in [-0.2, 0) is 0 Å². The molecule has 2 aromatic carbocycles. The number of hydrogen-bond acceptors (Lipinski definition) is 5. The van der Waals surface area contributed by atoms with Crippen molar-refractivity contribution in [2.45, 2.75) is 19.4 Å². The molecule has 5 nitrogen and oxygen atoms in total. The fourth-order valence-corrected chi connectivity index (χ4v) is 1.79. The molecule has 0 saturated heterocycles. The summed E-state index contributed by atoms with van der Waals surface area (Å²) in [6, 6.07) is 11.5. The Labute approximate surface area is 123 Å². The molecular formula is C16H18N2O3. The minimum absolute atomic E-state index is 0.350. The molecule has 0 fully saturated rings. The van der Waals surface area contributed by atoms with Crippen LogP contribution in [0.1, 0.15) is 24.2 Å². The van der Waals surface area contributed by atoms with Crippen molar-refractivity contribution in [3.63, 3.8) is 0 Å². The number of aliphatic hydroxyl groups is 1. The number of carbonyl (C=O) groups is 1. The molecule has 0 saturated carbocycles. The number of nitrogen functional groups attached to an aromatic ring is 2. The van der Waals surface area contributed by atoms with Crippen LogP contribution < -0.4 is 16.2 Å². The second kappa shape index (κ2) is 5.46. The minimum atomic E-state index is -1.40. The van der Waals surface area contributed by atoms with Crippen LogP contribution in [0.2, 0.25) is 0 Å². The Morgan fingerprint density at radius 3 is 2.29 bits per heavy atom. The number of carbonyl (C=O) groups excluding carboxylic acids is 1. The van der Waals surface area contributed by atoms with Crippen molar-refractivity contribution in [3.05, 3.63) is 48.0 Å². The van der Waals surface area contributed by atoms with Crippen LogP contribution in [0.15, 0.2) is 42.5 Å². The van der Waals surface area contributed by atoms with Gasteiger partial charge >= 0.3 is 0 Å². The van der Waals surface area contributed by atoms with Gasteiger partial charge in [-0.3, -0.25) is 4.79 Å². The van der Waals surface area contributed by atoms with E-state index in [1.54, 1.807) is 42.5 Å². The van der Waals surface area contributed by atoms with Gasteiger partial charge in [-0.05, 0) is 50.2 Å². The summed E-state index contributed by atoms with van der Waals surface area (Å²) >= 11 is 0. The molecule has 21 heavy (non-hydrogen) atoms. The Morgan fingerprint density at radius 2 is 1.71 bits per heavy atom. The van der Waals surface area contributed by atoms with Crippen LogP contribution in [0.5, 0.6) is 11.5 Å². The summed E-state index contributed by atoms with van der Waals surface area (Å²) in [5.41, 5.74) is 11.5. The number of Topliss-reactive ketones (excluding diaryl/α,β-unsaturated/α-hetero) is 1. The molecule has 0 atom stereocenters. The Balaban J connectivity index is 2.20. The largest absolute Gasteiger partial charge is 0.455 e. The molecule has 0 unspecified atom stereocenters. The van der Waals surface area contributed by atoms with Crippen LogP contribution in [0, 0.1) is 0 Å². The van der Waals surface area contributed by atoms with E-state index in [-0.39, 0.29) is 5.78 Å². The normalized spacial score (nSPS) is 11.2. The summed E-state index contributed by atoms with van der Waals surface area (Å²) in [5.74, 6) is 0.633. The third-order valence-electron chi connectivity index (χ3n) is 2.94. The molecule has 0 amide bonds. The Kier molecular flexibility index (Phi) is 3.86. The number of anilines is 2. The van der Waals surface area contributed by atoms with Crippen molar-refractivity contribution in [1.82, 2.24) is 0 Å². The Morgan fingerprint density at radius 1 is 1.10 bits per heavy atom. The fourth-order valence-electron chi connectivity index (χ4n) is 1.79. The molecule has 110 valence electrons. The molecule has 2 rings (SSSR count). The lowest BCUT2D eigenvalue weighted by molar-refractivity contribution is 0.0488. The van der Waals surface area contributed by atoms with Crippen molar-refractivity contribution in [3.8, 4) is 11.5 Å². The standard InChI is InChI=1S/C16H18N2O3/c1-16(2,20)15(19)10-3-6-12(7-4-10)21-14-9-11(17)5-8-13(14)18/h3-9,20H,17-18H2,1-2H3. The van der Waals surface area contributed by atoms with Crippen LogP contribution in [0.25, 0.3) is 0 Å². The van der Waals surface area contributed by atoms with Crippen molar-refractivity contribution in [2.24, 2.45) is 0 Å². The van der Waals surface area contributed by atoms with Gasteiger partial charge in [0.25, 0.3) is 0 Å². The molecule has 0 aliphatic rings. The Hall–Kier alpha value is -2.53. The van der Waals surface area contributed by atoms with Gasteiger partial charge < -0.3 is 21.3 Å². The van der Waals surface area contributed by atoms with Gasteiger partial charge in [0.15, 0.2) is 11.5 Å². The van der Waals surface area contributed by atoms with Crippen LogP contribution in [-0.4, -0.2) is 16.5 Å². The molecule has 5 heteroatoms. The van der Waals surface area contributed by atoms with Crippen molar-refractivity contribution in [1.29, 1.82) is 0 Å². The van der Waals surface area contributed by atoms with Crippen molar-refractivity contribution >= 4 is 17.2 Å². The smallest absolute Gasteiger partial charge is 0.193 e. The maximum absolute atomic E-state index is 11.9. The van der Waals surface area contributed by atoms with E-state index in [9.17, 15) is 9.90 Å². The van der Waals surface area contributed by atoms with E-state index in [4.69, 9.17) is 16.2 Å². The summed E-state index contributed by atoms with van der Waals surface area (Å²) in [6.07, 6.45) is 0. The molecular weight excluding hydrogens is 268 g/mol. The number of ether oxygens (including phenoxy) is 1. The van der Waals surface area contributed by atoms with Gasteiger partial charge in [0.1, 0.15) is 11.4 Å². The van der Waals surface area contributed by atoms with Gasteiger partial charge in [-0.1, -0.05) is 0 Å². The Bertz CT molecular complexity index is 658. The zero-order valence-electron chi connectivity index (χ0n) is 12.0. The maximum Gasteiger partial charge on any atom is 0.193 e. The lowest BCUT2D eigenvalue weighted by Crippen LogP contribution is -2.30. The van der Waals surface area contributed by atoms with Gasteiger partial charge in [-0.15, -0.1) is 0 Å². The quantitative estimate of drug-likeness (QED) is 0.592. The number of hydrogen-bond donors (Lipinski definition) is 3. The predicted octanol–water partition coefficient (Wildman–Crippen LogP) is 2.60. The topological polar surface area (TPSA) is 98.6 Å². The van der Waals surface area contributed by atoms with Gasteiger partial charge in [0.2, 0.25) is 0 Å². The first-order valence-corrected chi connectivity index (χ1v) is 6.47. The van der Waals surface area contributed by atoms with Gasteiger partial charge in [0.05, 0.1) is 5.69 Å². The first-order chi connectivity index (χ1) is 9.77. The van der Waals surface area contributed by atoms with Crippen LogP contribution in [0.3, 0.4) is 0 Å². The number of benzene rings is 2. The van der Waals surface area contributed by atoms with Crippen molar-refractivity contribution < 1.29 is 14.6 Å². The lowest BCUT2D eigenvalue weighted by Gasteiger charge is -2.15. The summed E-state index contributed by atoms with van der Waals surface area (Å²) < 4.78 is 5.63. The summed E-state index contributed by atoms with van der Waals surface area (Å²) in [5, 5.41) is 9.70. The van der Waals surface area contributed by atoms with E-state index in [2.05, 4.69) is 0 Å². The molecule has 0 spiro atoms. The predicted molar refractivity (Wildman–Crippen MR) is 82.4 cm³/mol. The molecule has 0 radical (unpaired) electrons. The zero-order chi connectivity index (χ0) is 15.6. The van der Waals surface area contributed by atoms with Crippen LogP contribution in [0.4, 0.5) is 11.4 Å². The third-order valence-corrected chi connectivity index (χ3v) is 2.94. The SMILES string of the molecule is CC(C)(O)C(=O)c1ccc(Oc2cc(N)ccc2N)cc1. The highest BCUT2D eigenvalue weighted by molar-refractivity contribution is 6.01. The average molecular weight is 286 g/mol. The van der Waals surface area contributed by atoms with E-state index >= 15 is 0 Å². The summed E-state index contributed by atoms with van der Waals surface area (Å²) in [6.45, 7) is 2.90. The number of ketones is 1. The first kappa shape index (κ1) is 14.9. The highest BCUT2D eigenvalue weighted by Gasteiger charge is 2.24. The van der Waals surface area contributed by atoms with E-state index in [1.165, 1.54) is 13.8 Å². The molecule has 0 bridgehead atoms. The summed E-state index contributed by atoms with van der Waals surface area (Å²) in [4.78, 5) is 11.9. The van der Waals surface area contributed by atoms with Gasteiger partial charge in [-0.2, -0.15) is 0 Å². The molecule has 2 aromatic rings. The average Bonchev–Trinajstić information content (AvgIpc) is 2.42. The van der Waals surface area contributed by atoms with Crippen molar-refractivity contribution in [2.75, 3.05) is 11.5 Å². The zero-order valence-corrected chi connectivity index (χ0v) is 12.0. The molecule has 5 N–H and O–H groups in total. The highest BCUT2D eigenvalue weighted by Crippen LogP contribution is 2.29. The molecule has 0 aliphatic carbocycles. The molecule has 0 aromatic heterocycles. The van der Waals surface area contributed by atoms with Gasteiger partial charge in [-0.25, -0.2) is 0 Å². The van der Waals surface area contributed by atoms with E-state index < -0.39 is 5.60 Å². The second-order valence-corrected chi connectivity index (χ2v) is 5.31. The number of rotatable bonds is 4. The van der Waals surface area contributed by atoms with E-state index in [1.807, 2.05) is 0 Å². The second-order valence-electron chi connectivity index (χ2n) is 5.31. The van der Waals surface area contributed by atoms with E-state index in [0.717, 1.165) is 0 Å². The minimum Gasteiger partial charge on any atom is -0.455 e. The lowest BCUT2D eigenvalue weighted by atomic mass is 9.97. The summed E-state index contributed by atoms with van der Waals surface area (Å²) in [7, 11) is 0. The monoisotopic (exact) mass is 286 g/mol. The molecule has 0 heterocycles. The third kappa shape index (κ3) is 3.52. The number of nitrogens with two attached hydrogens (primary N) is 2. The fraction of sp³-hybridized carbons (Fsp3) is 0.188. The van der Waals surface area contributed by atoms with E-state index in [0.29, 0.717) is 28.4 Å². The first-order valence-electron chi connectivity index (χ1n) is 6.47. The molecule has 0 aliphatic heterocycles.